The van der Waals surface area contributed by atoms with Crippen molar-refractivity contribution in [1.82, 2.24) is 4.90 Å². The van der Waals surface area contributed by atoms with E-state index in [0.717, 1.165) is 25.3 Å². The minimum absolute atomic E-state index is 0.0594. The van der Waals surface area contributed by atoms with Crippen molar-refractivity contribution in [2.24, 2.45) is 17.1 Å². The van der Waals surface area contributed by atoms with Crippen LogP contribution in [0.4, 0.5) is 0 Å². The van der Waals surface area contributed by atoms with Gasteiger partial charge in [0, 0.05) is 25.6 Å². The molecule has 2 atom stereocenters. The summed E-state index contributed by atoms with van der Waals surface area (Å²) in [7, 11) is 0. The van der Waals surface area contributed by atoms with Gasteiger partial charge in [-0.15, -0.1) is 0 Å². The lowest BCUT2D eigenvalue weighted by Gasteiger charge is -2.32. The Labute approximate surface area is 112 Å². The molecule has 1 rings (SSSR count). The molecule has 0 spiro atoms. The van der Waals surface area contributed by atoms with Gasteiger partial charge >= 0.3 is 0 Å². The van der Waals surface area contributed by atoms with Gasteiger partial charge in [0.15, 0.2) is 0 Å². The zero-order chi connectivity index (χ0) is 13.8. The normalized spacial score (nSPS) is 23.9. The van der Waals surface area contributed by atoms with Crippen molar-refractivity contribution in [3.8, 4) is 0 Å². The number of carbonyl (C=O) groups is 1. The predicted molar refractivity (Wildman–Crippen MR) is 76.3 cm³/mol. The highest BCUT2D eigenvalue weighted by molar-refractivity contribution is 5.76. The van der Waals surface area contributed by atoms with Gasteiger partial charge in [-0.25, -0.2) is 0 Å². The van der Waals surface area contributed by atoms with E-state index in [-0.39, 0.29) is 11.5 Å². The predicted octanol–water partition coefficient (Wildman–Crippen LogP) is 2.79. The number of rotatable bonds is 4. The summed E-state index contributed by atoms with van der Waals surface area (Å²) in [5.74, 6) is 1.03. The summed E-state index contributed by atoms with van der Waals surface area (Å²) < 4.78 is 0. The van der Waals surface area contributed by atoms with Crippen molar-refractivity contribution in [2.45, 2.75) is 65.8 Å². The SMILES string of the molecule is CCCC1CCC(=O)N(CC(N)C(C)(C)C)CC1. The molecule has 18 heavy (non-hydrogen) atoms. The highest BCUT2D eigenvalue weighted by Gasteiger charge is 2.27. The molecule has 0 bridgehead atoms. The molecule has 106 valence electrons. The average Bonchev–Trinajstić information content (AvgIpc) is 2.43. The fourth-order valence-electron chi connectivity index (χ4n) is 2.49. The molecule has 3 heteroatoms. The Hall–Kier alpha value is -0.570. The third-order valence-corrected chi connectivity index (χ3v) is 4.15. The molecule has 2 unspecified atom stereocenters. The second kappa shape index (κ2) is 6.55. The van der Waals surface area contributed by atoms with Crippen LogP contribution in [0.25, 0.3) is 0 Å². The minimum atomic E-state index is 0.0594. The molecule has 0 aromatic rings. The fourth-order valence-corrected chi connectivity index (χ4v) is 2.49. The van der Waals surface area contributed by atoms with Crippen molar-refractivity contribution < 1.29 is 4.79 Å². The van der Waals surface area contributed by atoms with E-state index in [9.17, 15) is 4.79 Å². The molecule has 0 radical (unpaired) electrons. The Balaban J connectivity index is 2.53. The first-order valence-corrected chi connectivity index (χ1v) is 7.38. The highest BCUT2D eigenvalue weighted by Crippen LogP contribution is 2.24. The molecule has 1 heterocycles. The molecule has 3 nitrogen and oxygen atoms in total. The quantitative estimate of drug-likeness (QED) is 0.838. The van der Waals surface area contributed by atoms with Crippen LogP contribution in [-0.2, 0) is 4.79 Å². The average molecular weight is 254 g/mol. The summed E-state index contributed by atoms with van der Waals surface area (Å²) >= 11 is 0. The van der Waals surface area contributed by atoms with Crippen molar-refractivity contribution >= 4 is 5.91 Å². The summed E-state index contributed by atoms with van der Waals surface area (Å²) in [6, 6.07) is 0.0594. The number of hydrogen-bond donors (Lipinski definition) is 1. The molecule has 0 aromatic carbocycles. The van der Waals surface area contributed by atoms with Crippen LogP contribution in [0.5, 0.6) is 0 Å². The van der Waals surface area contributed by atoms with Crippen LogP contribution < -0.4 is 5.73 Å². The van der Waals surface area contributed by atoms with Gasteiger partial charge in [-0.2, -0.15) is 0 Å². The summed E-state index contributed by atoms with van der Waals surface area (Å²) in [5, 5.41) is 0. The van der Waals surface area contributed by atoms with Crippen LogP contribution in [-0.4, -0.2) is 29.9 Å². The molecule has 1 aliphatic heterocycles. The fraction of sp³-hybridized carbons (Fsp3) is 0.933. The third kappa shape index (κ3) is 4.60. The number of amides is 1. The van der Waals surface area contributed by atoms with Crippen LogP contribution >= 0.6 is 0 Å². The maximum Gasteiger partial charge on any atom is 0.222 e. The number of hydrogen-bond acceptors (Lipinski definition) is 2. The van der Waals surface area contributed by atoms with Gasteiger partial charge < -0.3 is 10.6 Å². The first-order chi connectivity index (χ1) is 8.34. The van der Waals surface area contributed by atoms with Gasteiger partial charge in [0.2, 0.25) is 5.91 Å². The van der Waals surface area contributed by atoms with Gasteiger partial charge in [0.05, 0.1) is 0 Å². The van der Waals surface area contributed by atoms with E-state index in [2.05, 4.69) is 27.7 Å². The number of likely N-dealkylation sites (tertiary alicyclic amines) is 1. The monoisotopic (exact) mass is 254 g/mol. The third-order valence-electron chi connectivity index (χ3n) is 4.15. The summed E-state index contributed by atoms with van der Waals surface area (Å²) in [5.41, 5.74) is 6.26. The van der Waals surface area contributed by atoms with Gasteiger partial charge in [0.1, 0.15) is 0 Å². The first kappa shape index (κ1) is 15.5. The Morgan fingerprint density at radius 2 is 2.06 bits per heavy atom. The summed E-state index contributed by atoms with van der Waals surface area (Å²) in [6.07, 6.45) is 5.40. The maximum absolute atomic E-state index is 12.1. The Kier molecular flexibility index (Phi) is 5.64. The van der Waals surface area contributed by atoms with E-state index in [0.29, 0.717) is 18.9 Å². The van der Waals surface area contributed by atoms with Crippen molar-refractivity contribution in [3.63, 3.8) is 0 Å². The van der Waals surface area contributed by atoms with Crippen molar-refractivity contribution in [2.75, 3.05) is 13.1 Å². The molecular formula is C15H30N2O. The lowest BCUT2D eigenvalue weighted by molar-refractivity contribution is -0.131. The zero-order valence-electron chi connectivity index (χ0n) is 12.5. The molecule has 0 aliphatic carbocycles. The second-order valence-electron chi connectivity index (χ2n) is 6.79. The van der Waals surface area contributed by atoms with Crippen molar-refractivity contribution in [3.05, 3.63) is 0 Å². The van der Waals surface area contributed by atoms with Crippen molar-refractivity contribution in [1.29, 1.82) is 0 Å². The topological polar surface area (TPSA) is 46.3 Å². The Bertz CT molecular complexity index is 270. The molecule has 2 N–H and O–H groups in total. The standard InChI is InChI=1S/C15H30N2O/c1-5-6-12-7-8-14(18)17(10-9-12)11-13(16)15(2,3)4/h12-13H,5-11,16H2,1-4H3. The molecule has 0 aromatic heterocycles. The Morgan fingerprint density at radius 3 is 2.61 bits per heavy atom. The van der Waals surface area contributed by atoms with E-state index in [1.165, 1.54) is 12.8 Å². The smallest absolute Gasteiger partial charge is 0.222 e. The van der Waals surface area contributed by atoms with Gasteiger partial charge in [-0.05, 0) is 24.2 Å². The lowest BCUT2D eigenvalue weighted by atomic mass is 9.87. The lowest BCUT2D eigenvalue weighted by Crippen LogP contribution is -2.47. The molecular weight excluding hydrogens is 224 g/mol. The molecule has 0 saturated carbocycles. The second-order valence-corrected chi connectivity index (χ2v) is 6.79. The summed E-state index contributed by atoms with van der Waals surface area (Å²) in [6.45, 7) is 10.2. The summed E-state index contributed by atoms with van der Waals surface area (Å²) in [4.78, 5) is 14.1. The van der Waals surface area contributed by atoms with Crippen LogP contribution in [0.3, 0.4) is 0 Å². The van der Waals surface area contributed by atoms with Gasteiger partial charge in [0.25, 0.3) is 0 Å². The maximum atomic E-state index is 12.1. The molecule has 1 saturated heterocycles. The largest absolute Gasteiger partial charge is 0.341 e. The van der Waals surface area contributed by atoms with Gasteiger partial charge in [-0.3, -0.25) is 4.79 Å². The molecule has 1 fully saturated rings. The van der Waals surface area contributed by atoms with E-state index in [4.69, 9.17) is 5.73 Å². The highest BCUT2D eigenvalue weighted by atomic mass is 16.2. The zero-order valence-corrected chi connectivity index (χ0v) is 12.5. The molecule has 1 amide bonds. The van der Waals surface area contributed by atoms with E-state index in [1.807, 2.05) is 4.90 Å². The van der Waals surface area contributed by atoms with E-state index < -0.39 is 0 Å². The van der Waals surface area contributed by atoms with Gasteiger partial charge in [-0.1, -0.05) is 40.5 Å². The first-order valence-electron chi connectivity index (χ1n) is 7.38. The van der Waals surface area contributed by atoms with E-state index in [1.54, 1.807) is 0 Å². The van der Waals surface area contributed by atoms with Crippen LogP contribution in [0.15, 0.2) is 0 Å². The number of nitrogens with two attached hydrogens (primary N) is 1. The van der Waals surface area contributed by atoms with Crippen LogP contribution in [0.2, 0.25) is 0 Å². The Morgan fingerprint density at radius 1 is 1.39 bits per heavy atom. The van der Waals surface area contributed by atoms with E-state index >= 15 is 0 Å². The number of carbonyl (C=O) groups excluding carboxylic acids is 1. The molecule has 1 aliphatic rings. The number of nitrogens with zero attached hydrogens (tertiary/aromatic N) is 1. The minimum Gasteiger partial charge on any atom is -0.341 e. The van der Waals surface area contributed by atoms with Crippen LogP contribution in [0.1, 0.15) is 59.8 Å². The van der Waals surface area contributed by atoms with Crippen LogP contribution in [0, 0.1) is 11.3 Å².